The number of halogens is 1. The van der Waals surface area contributed by atoms with Crippen LogP contribution in [-0.4, -0.2) is 38.8 Å². The maximum atomic E-state index is 13.3. The number of fused-ring (bicyclic) bond motifs is 1. The molecule has 0 radical (unpaired) electrons. The molecule has 0 aliphatic heterocycles. The highest BCUT2D eigenvalue weighted by Gasteiger charge is 2.16. The highest BCUT2D eigenvalue weighted by atomic mass is 19.1. The van der Waals surface area contributed by atoms with Crippen LogP contribution in [-0.2, 0) is 22.5 Å². The van der Waals surface area contributed by atoms with Gasteiger partial charge >= 0.3 is 6.09 Å². The first-order valence-corrected chi connectivity index (χ1v) is 10.1. The third kappa shape index (κ3) is 5.87. The molecule has 0 saturated heterocycles. The summed E-state index contributed by atoms with van der Waals surface area (Å²) in [5, 5.41) is 7.00. The number of aromatic nitrogens is 3. The molecule has 2 aromatic heterocycles. The SMILES string of the molecule is Cc1cc(-c2ncnn3cc(CCC(F)C=O)cc23)ccc1CNC(=O)OC(C)(C)C. The topological polar surface area (TPSA) is 85.6 Å². The van der Waals surface area contributed by atoms with E-state index in [2.05, 4.69) is 15.4 Å². The van der Waals surface area contributed by atoms with Crippen molar-refractivity contribution in [1.29, 1.82) is 0 Å². The molecule has 1 unspecified atom stereocenters. The van der Waals surface area contributed by atoms with Crippen LogP contribution in [0, 0.1) is 6.92 Å². The van der Waals surface area contributed by atoms with Gasteiger partial charge in [0.05, 0.1) is 11.2 Å². The number of hydrogen-bond acceptors (Lipinski definition) is 5. The van der Waals surface area contributed by atoms with E-state index < -0.39 is 17.9 Å². The van der Waals surface area contributed by atoms with Crippen LogP contribution in [0.1, 0.15) is 43.9 Å². The van der Waals surface area contributed by atoms with Crippen molar-refractivity contribution in [2.75, 3.05) is 0 Å². The van der Waals surface area contributed by atoms with E-state index in [1.807, 2.05) is 58.2 Å². The van der Waals surface area contributed by atoms with E-state index in [0.29, 0.717) is 19.3 Å². The van der Waals surface area contributed by atoms with Gasteiger partial charge in [-0.05, 0) is 69.4 Å². The third-order valence-electron chi connectivity index (χ3n) is 4.76. The molecule has 0 saturated carbocycles. The van der Waals surface area contributed by atoms with Crippen molar-refractivity contribution in [3.05, 3.63) is 53.5 Å². The monoisotopic (exact) mass is 426 g/mol. The van der Waals surface area contributed by atoms with Gasteiger partial charge < -0.3 is 14.8 Å². The molecule has 164 valence electrons. The van der Waals surface area contributed by atoms with Crippen molar-refractivity contribution in [2.45, 2.75) is 58.9 Å². The van der Waals surface area contributed by atoms with Gasteiger partial charge in [-0.2, -0.15) is 5.10 Å². The van der Waals surface area contributed by atoms with Crippen LogP contribution in [0.2, 0.25) is 0 Å². The molecular weight excluding hydrogens is 399 g/mol. The number of ether oxygens (including phenoxy) is 1. The van der Waals surface area contributed by atoms with Crippen LogP contribution < -0.4 is 5.32 Å². The maximum absolute atomic E-state index is 13.3. The zero-order valence-electron chi connectivity index (χ0n) is 18.2. The molecule has 1 N–H and O–H groups in total. The van der Waals surface area contributed by atoms with Crippen molar-refractivity contribution in [2.24, 2.45) is 0 Å². The van der Waals surface area contributed by atoms with Gasteiger partial charge in [-0.1, -0.05) is 12.1 Å². The summed E-state index contributed by atoms with van der Waals surface area (Å²) in [6, 6.07) is 7.81. The molecule has 2 heterocycles. The number of nitrogens with zero attached hydrogens (tertiary/aromatic N) is 3. The van der Waals surface area contributed by atoms with E-state index in [9.17, 15) is 14.0 Å². The van der Waals surface area contributed by atoms with Gasteiger partial charge in [-0.25, -0.2) is 18.7 Å². The number of amides is 1. The summed E-state index contributed by atoms with van der Waals surface area (Å²) >= 11 is 0. The summed E-state index contributed by atoms with van der Waals surface area (Å²) in [7, 11) is 0. The molecule has 1 atom stereocenters. The lowest BCUT2D eigenvalue weighted by atomic mass is 10.0. The average molecular weight is 426 g/mol. The summed E-state index contributed by atoms with van der Waals surface area (Å²) in [5.41, 5.74) is 4.78. The summed E-state index contributed by atoms with van der Waals surface area (Å²) in [6.45, 7) is 7.79. The molecule has 8 heteroatoms. The number of aryl methyl sites for hydroxylation is 2. The molecule has 0 aliphatic rings. The number of aldehydes is 1. The lowest BCUT2D eigenvalue weighted by Gasteiger charge is -2.20. The van der Waals surface area contributed by atoms with Crippen molar-refractivity contribution >= 4 is 17.9 Å². The normalized spacial score (nSPS) is 12.5. The fraction of sp³-hybridized carbons (Fsp3) is 0.391. The number of carbonyl (C=O) groups excluding carboxylic acids is 2. The Hall–Kier alpha value is -3.29. The fourth-order valence-corrected chi connectivity index (χ4v) is 3.24. The zero-order chi connectivity index (χ0) is 22.6. The minimum atomic E-state index is -1.46. The van der Waals surface area contributed by atoms with Crippen molar-refractivity contribution in [3.8, 4) is 11.3 Å². The van der Waals surface area contributed by atoms with Crippen LogP contribution >= 0.6 is 0 Å². The van der Waals surface area contributed by atoms with Crippen molar-refractivity contribution in [1.82, 2.24) is 19.9 Å². The maximum Gasteiger partial charge on any atom is 0.407 e. The molecule has 31 heavy (non-hydrogen) atoms. The first-order valence-electron chi connectivity index (χ1n) is 10.1. The Morgan fingerprint density at radius 1 is 1.32 bits per heavy atom. The van der Waals surface area contributed by atoms with E-state index in [0.717, 1.165) is 33.5 Å². The van der Waals surface area contributed by atoms with Gasteiger partial charge in [0.2, 0.25) is 0 Å². The minimum Gasteiger partial charge on any atom is -0.444 e. The Labute approximate surface area is 180 Å². The molecule has 0 aliphatic carbocycles. The van der Waals surface area contributed by atoms with E-state index in [-0.39, 0.29) is 6.42 Å². The summed E-state index contributed by atoms with van der Waals surface area (Å²) in [5.74, 6) is 0. The van der Waals surface area contributed by atoms with Gasteiger partial charge in [0.15, 0.2) is 12.5 Å². The number of benzene rings is 1. The molecule has 0 bridgehead atoms. The molecular formula is C23H27FN4O3. The lowest BCUT2D eigenvalue weighted by molar-refractivity contribution is -0.112. The van der Waals surface area contributed by atoms with Gasteiger partial charge in [0, 0.05) is 18.3 Å². The van der Waals surface area contributed by atoms with Crippen molar-refractivity contribution in [3.63, 3.8) is 0 Å². The quantitative estimate of drug-likeness (QED) is 0.573. The molecule has 7 nitrogen and oxygen atoms in total. The Kier molecular flexibility index (Phi) is 6.68. The summed E-state index contributed by atoms with van der Waals surface area (Å²) < 4.78 is 20.2. The van der Waals surface area contributed by atoms with Crippen LogP contribution in [0.4, 0.5) is 9.18 Å². The molecule has 1 aromatic carbocycles. The van der Waals surface area contributed by atoms with Crippen LogP contribution in [0.3, 0.4) is 0 Å². The van der Waals surface area contributed by atoms with Crippen LogP contribution in [0.5, 0.6) is 0 Å². The van der Waals surface area contributed by atoms with E-state index in [1.54, 1.807) is 4.52 Å². The Bertz CT molecular complexity index is 1090. The predicted molar refractivity (Wildman–Crippen MR) is 116 cm³/mol. The van der Waals surface area contributed by atoms with E-state index >= 15 is 0 Å². The lowest BCUT2D eigenvalue weighted by Crippen LogP contribution is -2.32. The largest absolute Gasteiger partial charge is 0.444 e. The third-order valence-corrected chi connectivity index (χ3v) is 4.76. The highest BCUT2D eigenvalue weighted by molar-refractivity contribution is 5.77. The second-order valence-electron chi connectivity index (χ2n) is 8.47. The highest BCUT2D eigenvalue weighted by Crippen LogP contribution is 2.26. The molecule has 3 rings (SSSR count). The number of hydrogen-bond donors (Lipinski definition) is 1. The minimum absolute atomic E-state index is 0.140. The molecule has 1 amide bonds. The molecule has 0 fully saturated rings. The van der Waals surface area contributed by atoms with Gasteiger partial charge in [-0.15, -0.1) is 0 Å². The summed E-state index contributed by atoms with van der Waals surface area (Å²) in [6.07, 6.45) is 2.28. The number of alkyl carbamates (subject to hydrolysis) is 1. The van der Waals surface area contributed by atoms with Gasteiger partial charge in [-0.3, -0.25) is 0 Å². The predicted octanol–water partition coefficient (Wildman–Crippen LogP) is 4.20. The smallest absolute Gasteiger partial charge is 0.407 e. The first-order chi connectivity index (χ1) is 14.7. The molecule has 3 aromatic rings. The number of carbonyl (C=O) groups is 2. The Morgan fingerprint density at radius 3 is 2.77 bits per heavy atom. The Balaban J connectivity index is 1.78. The Morgan fingerprint density at radius 2 is 2.10 bits per heavy atom. The average Bonchev–Trinajstić information content (AvgIpc) is 3.13. The van der Waals surface area contributed by atoms with Gasteiger partial charge in [0.25, 0.3) is 0 Å². The number of rotatable bonds is 7. The van der Waals surface area contributed by atoms with E-state index in [4.69, 9.17) is 4.74 Å². The van der Waals surface area contributed by atoms with Crippen LogP contribution in [0.15, 0.2) is 36.8 Å². The van der Waals surface area contributed by atoms with Gasteiger partial charge in [0.1, 0.15) is 11.9 Å². The van der Waals surface area contributed by atoms with E-state index in [1.165, 1.54) is 6.33 Å². The molecule has 0 spiro atoms. The van der Waals surface area contributed by atoms with Crippen LogP contribution in [0.25, 0.3) is 16.8 Å². The summed E-state index contributed by atoms with van der Waals surface area (Å²) in [4.78, 5) is 26.8. The first kappa shape index (κ1) is 22.4. The number of alkyl halides is 1. The number of nitrogens with one attached hydrogen (secondary N) is 1. The second kappa shape index (κ2) is 9.24. The second-order valence-corrected chi connectivity index (χ2v) is 8.47. The standard InChI is InChI=1S/C23H27FN4O3/c1-15-9-17(6-7-18(15)11-25-22(30)31-23(2,3)4)21-20-10-16(5-8-19(24)13-29)12-28(20)27-14-26-21/h6-7,9-10,12-14,19H,5,8,11H2,1-4H3,(H,25,30). The zero-order valence-corrected chi connectivity index (χ0v) is 18.2. The van der Waals surface area contributed by atoms with Crippen molar-refractivity contribution < 1.29 is 18.7 Å². The fourth-order valence-electron chi connectivity index (χ4n) is 3.24.